The van der Waals surface area contributed by atoms with E-state index in [-0.39, 0.29) is 5.91 Å². The van der Waals surface area contributed by atoms with Gasteiger partial charge in [-0.05, 0) is 109 Å². The Morgan fingerprint density at radius 3 is 2.64 bits per heavy atom. The van der Waals surface area contributed by atoms with E-state index in [2.05, 4.69) is 41.8 Å². The Morgan fingerprint density at radius 2 is 1.75 bits per heavy atom. The third kappa shape index (κ3) is 6.79. The summed E-state index contributed by atoms with van der Waals surface area (Å²) in [5.41, 5.74) is 6.18. The molecule has 1 amide bonds. The topological polar surface area (TPSA) is 91.8 Å². The van der Waals surface area contributed by atoms with Crippen LogP contribution in [0.4, 0.5) is 21.6 Å². The Kier molecular flexibility index (Phi) is 9.52. The van der Waals surface area contributed by atoms with Crippen molar-refractivity contribution in [2.24, 2.45) is 0 Å². The Bertz CT molecular complexity index is 1830. The minimum atomic E-state index is -0.405. The lowest BCUT2D eigenvalue weighted by Crippen LogP contribution is -2.24. The molecule has 2 aromatic heterocycles. The minimum absolute atomic E-state index is 0.146. The number of aromatic nitrogens is 3. The number of amides is 1. The Balaban J connectivity index is 0.977. The predicted octanol–water partition coefficient (Wildman–Crippen LogP) is 8.76. The molecule has 3 aromatic carbocycles. The van der Waals surface area contributed by atoms with Gasteiger partial charge in [0.1, 0.15) is 12.1 Å². The lowest BCUT2D eigenvalue weighted by molar-refractivity contribution is 0.0953. The highest BCUT2D eigenvalue weighted by molar-refractivity contribution is 9.10. The first-order chi connectivity index (χ1) is 21.5. The van der Waals surface area contributed by atoms with E-state index < -0.39 is 5.82 Å². The first-order valence-electron chi connectivity index (χ1n) is 15.1. The zero-order valence-corrected chi connectivity index (χ0v) is 26.6. The van der Waals surface area contributed by atoms with Gasteiger partial charge in [0.25, 0.3) is 5.91 Å². The molecule has 5 aromatic rings. The standard InChI is InChI=1S/C34H33BrClFN6O/c35-26-9-7-11-29(31(26)37)43-33-24-14-12-21(18-30(24)40-20-41-33)34(44)39-17-6-2-1-5-16-38-32-23-8-3-4-10-27(23)42-28-15-13-22(36)19-25(28)32/h7,9,11-15,18-20H,1-6,8,10,16-17H2,(H,38,42)(H,39,44)(H,40,41,43). The molecule has 1 aliphatic rings. The molecule has 0 aliphatic heterocycles. The van der Waals surface area contributed by atoms with E-state index in [1.54, 1.807) is 36.4 Å². The first kappa shape index (κ1) is 30.2. The van der Waals surface area contributed by atoms with Crippen LogP contribution in [-0.2, 0) is 12.8 Å². The maximum atomic E-state index is 14.5. The second-order valence-electron chi connectivity index (χ2n) is 11.1. The smallest absolute Gasteiger partial charge is 0.251 e. The van der Waals surface area contributed by atoms with Crippen LogP contribution < -0.4 is 16.0 Å². The maximum Gasteiger partial charge on any atom is 0.251 e. The highest BCUT2D eigenvalue weighted by Gasteiger charge is 2.18. The second-order valence-corrected chi connectivity index (χ2v) is 12.3. The molecule has 226 valence electrons. The average Bonchev–Trinajstić information content (AvgIpc) is 3.04. The summed E-state index contributed by atoms with van der Waals surface area (Å²) in [5.74, 6) is -0.0836. The van der Waals surface area contributed by atoms with Crippen molar-refractivity contribution in [1.82, 2.24) is 20.3 Å². The second kappa shape index (κ2) is 13.9. The lowest BCUT2D eigenvalue weighted by Gasteiger charge is -2.22. The van der Waals surface area contributed by atoms with Crippen molar-refractivity contribution in [1.29, 1.82) is 0 Å². The summed E-state index contributed by atoms with van der Waals surface area (Å²) in [5, 5.41) is 12.3. The Labute approximate surface area is 269 Å². The van der Waals surface area contributed by atoms with Crippen molar-refractivity contribution in [3.05, 3.63) is 93.1 Å². The van der Waals surface area contributed by atoms with Gasteiger partial charge in [-0.25, -0.2) is 14.4 Å². The van der Waals surface area contributed by atoms with E-state index in [1.807, 2.05) is 18.2 Å². The monoisotopic (exact) mass is 674 g/mol. The number of carbonyl (C=O) groups is 1. The van der Waals surface area contributed by atoms with Gasteiger partial charge in [-0.3, -0.25) is 9.78 Å². The van der Waals surface area contributed by atoms with Gasteiger partial charge >= 0.3 is 0 Å². The molecule has 44 heavy (non-hydrogen) atoms. The van der Waals surface area contributed by atoms with Gasteiger partial charge in [0.2, 0.25) is 0 Å². The quantitative estimate of drug-likeness (QED) is 0.121. The van der Waals surface area contributed by atoms with E-state index in [1.165, 1.54) is 36.1 Å². The van der Waals surface area contributed by atoms with Crippen molar-refractivity contribution in [3.63, 3.8) is 0 Å². The molecule has 0 unspecified atom stereocenters. The number of halogens is 3. The van der Waals surface area contributed by atoms with Crippen molar-refractivity contribution in [2.45, 2.75) is 51.4 Å². The zero-order chi connectivity index (χ0) is 30.5. The van der Waals surface area contributed by atoms with Crippen LogP contribution in [0.5, 0.6) is 0 Å². The molecule has 0 saturated carbocycles. The van der Waals surface area contributed by atoms with E-state index in [0.29, 0.717) is 39.0 Å². The lowest BCUT2D eigenvalue weighted by atomic mass is 9.92. The van der Waals surface area contributed by atoms with Gasteiger partial charge in [0, 0.05) is 45.8 Å². The fourth-order valence-electron chi connectivity index (χ4n) is 5.74. The average molecular weight is 676 g/mol. The van der Waals surface area contributed by atoms with Gasteiger partial charge in [-0.2, -0.15) is 0 Å². The van der Waals surface area contributed by atoms with Crippen LogP contribution in [-0.4, -0.2) is 33.9 Å². The number of nitrogens with one attached hydrogen (secondary N) is 3. The highest BCUT2D eigenvalue weighted by atomic mass is 79.9. The summed E-state index contributed by atoms with van der Waals surface area (Å²) in [7, 11) is 0. The number of fused-ring (bicyclic) bond motifs is 3. The largest absolute Gasteiger partial charge is 0.384 e. The first-order valence-corrected chi connectivity index (χ1v) is 16.2. The summed E-state index contributed by atoms with van der Waals surface area (Å²) < 4.78 is 14.8. The van der Waals surface area contributed by atoms with Gasteiger partial charge in [0.05, 0.1) is 21.2 Å². The fraction of sp³-hybridized carbons (Fsp3) is 0.294. The van der Waals surface area contributed by atoms with E-state index in [4.69, 9.17) is 16.6 Å². The third-order valence-corrected chi connectivity index (χ3v) is 8.87. The number of anilines is 3. The van der Waals surface area contributed by atoms with E-state index in [0.717, 1.165) is 61.0 Å². The Hall–Kier alpha value is -3.82. The maximum absolute atomic E-state index is 14.5. The molecule has 1 aliphatic carbocycles. The molecule has 0 atom stereocenters. The molecule has 0 spiro atoms. The summed E-state index contributed by atoms with van der Waals surface area (Å²) in [6.45, 7) is 1.48. The molecule has 7 nitrogen and oxygen atoms in total. The van der Waals surface area contributed by atoms with Crippen LogP contribution in [0.25, 0.3) is 21.8 Å². The molecule has 6 rings (SSSR count). The normalized spacial score (nSPS) is 12.7. The van der Waals surface area contributed by atoms with E-state index in [9.17, 15) is 9.18 Å². The van der Waals surface area contributed by atoms with Crippen molar-refractivity contribution >= 4 is 72.4 Å². The van der Waals surface area contributed by atoms with E-state index >= 15 is 0 Å². The summed E-state index contributed by atoms with van der Waals surface area (Å²) in [6, 6.07) is 16.2. The minimum Gasteiger partial charge on any atom is -0.384 e. The number of hydrogen-bond acceptors (Lipinski definition) is 6. The number of nitrogens with zero attached hydrogens (tertiary/aromatic N) is 3. The predicted molar refractivity (Wildman–Crippen MR) is 180 cm³/mol. The number of hydrogen-bond donors (Lipinski definition) is 3. The van der Waals surface area contributed by atoms with Gasteiger partial charge in [0.15, 0.2) is 5.82 Å². The van der Waals surface area contributed by atoms with Crippen LogP contribution in [0.15, 0.2) is 65.4 Å². The fourth-order valence-corrected chi connectivity index (χ4v) is 6.28. The number of rotatable bonds is 11. The van der Waals surface area contributed by atoms with Crippen LogP contribution in [0.1, 0.15) is 60.1 Å². The molecule has 10 heteroatoms. The number of pyridine rings is 1. The van der Waals surface area contributed by atoms with Crippen LogP contribution in [0.2, 0.25) is 5.02 Å². The van der Waals surface area contributed by atoms with Crippen LogP contribution in [0.3, 0.4) is 0 Å². The zero-order valence-electron chi connectivity index (χ0n) is 24.2. The molecular weight excluding hydrogens is 643 g/mol. The molecule has 0 fully saturated rings. The molecular formula is C34H33BrClFN6O. The summed E-state index contributed by atoms with van der Waals surface area (Å²) in [6.07, 6.45) is 9.91. The molecule has 2 heterocycles. The van der Waals surface area contributed by atoms with Gasteiger partial charge < -0.3 is 16.0 Å². The van der Waals surface area contributed by atoms with Crippen LogP contribution >= 0.6 is 27.5 Å². The SMILES string of the molecule is O=C(NCCCCCCNc1c2c(nc3ccc(Cl)cc13)CCCC2)c1ccc2c(Nc3cccc(Br)c3F)ncnc2c1. The van der Waals surface area contributed by atoms with Crippen LogP contribution in [0, 0.1) is 5.82 Å². The number of carbonyl (C=O) groups excluding carboxylic acids is 1. The molecule has 0 saturated heterocycles. The van der Waals surface area contributed by atoms with Crippen molar-refractivity contribution in [3.8, 4) is 0 Å². The highest BCUT2D eigenvalue weighted by Crippen LogP contribution is 2.35. The van der Waals surface area contributed by atoms with Gasteiger partial charge in [-0.1, -0.05) is 30.5 Å². The third-order valence-electron chi connectivity index (χ3n) is 8.02. The number of aryl methyl sites for hydroxylation is 1. The molecule has 3 N–H and O–H groups in total. The Morgan fingerprint density at radius 1 is 0.909 bits per heavy atom. The van der Waals surface area contributed by atoms with Crippen molar-refractivity contribution in [2.75, 3.05) is 23.7 Å². The number of benzene rings is 3. The van der Waals surface area contributed by atoms with Crippen molar-refractivity contribution < 1.29 is 9.18 Å². The molecule has 0 bridgehead atoms. The summed E-state index contributed by atoms with van der Waals surface area (Å²) in [4.78, 5) is 26.3. The van der Waals surface area contributed by atoms with Gasteiger partial charge in [-0.15, -0.1) is 0 Å². The number of unbranched alkanes of at least 4 members (excludes halogenated alkanes) is 3. The molecule has 0 radical (unpaired) electrons. The summed E-state index contributed by atoms with van der Waals surface area (Å²) >= 11 is 9.53.